The van der Waals surface area contributed by atoms with Crippen molar-refractivity contribution in [1.82, 2.24) is 0 Å². The van der Waals surface area contributed by atoms with Gasteiger partial charge in [0.25, 0.3) is 0 Å². The normalized spacial score (nSPS) is 11.2. The molecule has 5 heteroatoms. The van der Waals surface area contributed by atoms with Gasteiger partial charge in [-0.15, -0.1) is 0 Å². The number of rotatable bonds is 0. The van der Waals surface area contributed by atoms with Crippen LogP contribution in [0, 0.1) is 0 Å². The first-order valence-electron chi connectivity index (χ1n) is 5.12. The van der Waals surface area contributed by atoms with Crippen molar-refractivity contribution < 1.29 is 9.52 Å². The molecule has 0 aliphatic heterocycles. The molecule has 2 aromatic carbocycles. The standard InChI is InChI=1S/C13H6Cl2O3/c14-7-2-1-3-9-10(7)12(17)6-4-5-8(16)11(15)13(6)18-9/h1-5,16H. The molecule has 0 atom stereocenters. The van der Waals surface area contributed by atoms with Crippen LogP contribution in [-0.2, 0) is 0 Å². The fraction of sp³-hybridized carbons (Fsp3) is 0. The average molecular weight is 281 g/mol. The highest BCUT2D eigenvalue weighted by Crippen LogP contribution is 2.33. The van der Waals surface area contributed by atoms with Crippen molar-refractivity contribution >= 4 is 45.1 Å². The Hall–Kier alpha value is -1.71. The van der Waals surface area contributed by atoms with Gasteiger partial charge in [0.05, 0.1) is 15.8 Å². The van der Waals surface area contributed by atoms with Crippen molar-refractivity contribution in [3.63, 3.8) is 0 Å². The highest BCUT2D eigenvalue weighted by Gasteiger charge is 2.14. The Balaban J connectivity index is 2.66. The van der Waals surface area contributed by atoms with Gasteiger partial charge in [-0.2, -0.15) is 0 Å². The van der Waals surface area contributed by atoms with Crippen molar-refractivity contribution in [2.24, 2.45) is 0 Å². The molecule has 3 aromatic rings. The maximum atomic E-state index is 12.3. The van der Waals surface area contributed by atoms with Crippen molar-refractivity contribution in [1.29, 1.82) is 0 Å². The molecule has 1 N–H and O–H groups in total. The quantitative estimate of drug-likeness (QED) is 0.634. The molecule has 0 radical (unpaired) electrons. The van der Waals surface area contributed by atoms with E-state index in [-0.39, 0.29) is 21.8 Å². The molecule has 0 aliphatic rings. The summed E-state index contributed by atoms with van der Waals surface area (Å²) in [7, 11) is 0. The maximum absolute atomic E-state index is 12.3. The Morgan fingerprint density at radius 3 is 2.67 bits per heavy atom. The van der Waals surface area contributed by atoms with Crippen LogP contribution in [0.4, 0.5) is 0 Å². The smallest absolute Gasteiger partial charge is 0.202 e. The Morgan fingerprint density at radius 1 is 1.11 bits per heavy atom. The molecule has 0 amide bonds. The second-order valence-electron chi connectivity index (χ2n) is 3.82. The summed E-state index contributed by atoms with van der Waals surface area (Å²) in [5, 5.41) is 10.5. The van der Waals surface area contributed by atoms with E-state index in [1.54, 1.807) is 18.2 Å². The first-order valence-corrected chi connectivity index (χ1v) is 5.87. The summed E-state index contributed by atoms with van der Waals surface area (Å²) in [5.74, 6) is -0.131. The van der Waals surface area contributed by atoms with Crippen molar-refractivity contribution in [2.45, 2.75) is 0 Å². The number of phenols is 1. The van der Waals surface area contributed by atoms with Gasteiger partial charge in [0.15, 0.2) is 5.58 Å². The van der Waals surface area contributed by atoms with E-state index >= 15 is 0 Å². The van der Waals surface area contributed by atoms with E-state index in [9.17, 15) is 9.90 Å². The third kappa shape index (κ3) is 1.48. The zero-order chi connectivity index (χ0) is 12.9. The van der Waals surface area contributed by atoms with E-state index < -0.39 is 0 Å². The molecule has 90 valence electrons. The first kappa shape index (κ1) is 11.4. The van der Waals surface area contributed by atoms with E-state index in [0.29, 0.717) is 21.4 Å². The second-order valence-corrected chi connectivity index (χ2v) is 4.60. The van der Waals surface area contributed by atoms with Crippen LogP contribution in [0.1, 0.15) is 0 Å². The highest BCUT2D eigenvalue weighted by molar-refractivity contribution is 6.37. The van der Waals surface area contributed by atoms with E-state index in [1.165, 1.54) is 12.1 Å². The molecule has 0 bridgehead atoms. The van der Waals surface area contributed by atoms with Crippen LogP contribution >= 0.6 is 23.2 Å². The zero-order valence-corrected chi connectivity index (χ0v) is 10.4. The lowest BCUT2D eigenvalue weighted by Crippen LogP contribution is -2.02. The molecule has 0 fully saturated rings. The van der Waals surface area contributed by atoms with Gasteiger partial charge in [0.1, 0.15) is 16.4 Å². The molecular weight excluding hydrogens is 275 g/mol. The molecule has 3 nitrogen and oxygen atoms in total. The lowest BCUT2D eigenvalue weighted by molar-refractivity contribution is 0.475. The molecule has 0 unspecified atom stereocenters. The van der Waals surface area contributed by atoms with Gasteiger partial charge in [-0.1, -0.05) is 29.3 Å². The zero-order valence-electron chi connectivity index (χ0n) is 8.91. The summed E-state index contributed by atoms with van der Waals surface area (Å²) in [5.41, 5.74) is 0.239. The second kappa shape index (κ2) is 3.90. The predicted molar refractivity (Wildman–Crippen MR) is 71.7 cm³/mol. The number of halogens is 2. The molecule has 3 rings (SSSR count). The van der Waals surface area contributed by atoms with Crippen LogP contribution in [0.3, 0.4) is 0 Å². The van der Waals surface area contributed by atoms with Gasteiger partial charge < -0.3 is 9.52 Å². The van der Waals surface area contributed by atoms with Crippen molar-refractivity contribution in [3.05, 3.63) is 50.6 Å². The molecule has 0 spiro atoms. The van der Waals surface area contributed by atoms with Gasteiger partial charge in [-0.25, -0.2) is 0 Å². The minimum atomic E-state index is -0.265. The van der Waals surface area contributed by atoms with Crippen LogP contribution in [-0.4, -0.2) is 5.11 Å². The van der Waals surface area contributed by atoms with Crippen LogP contribution in [0.15, 0.2) is 39.5 Å². The fourth-order valence-electron chi connectivity index (χ4n) is 1.88. The summed E-state index contributed by atoms with van der Waals surface area (Å²) in [6.07, 6.45) is 0. The molecular formula is C13H6Cl2O3. The molecule has 1 heterocycles. The predicted octanol–water partition coefficient (Wildman–Crippen LogP) is 3.96. The summed E-state index contributed by atoms with van der Waals surface area (Å²) < 4.78 is 5.54. The van der Waals surface area contributed by atoms with Crippen molar-refractivity contribution in [3.8, 4) is 5.75 Å². The summed E-state index contributed by atoms with van der Waals surface area (Å²) in [6, 6.07) is 7.74. The van der Waals surface area contributed by atoms with Gasteiger partial charge >= 0.3 is 0 Å². The maximum Gasteiger partial charge on any atom is 0.202 e. The molecule has 18 heavy (non-hydrogen) atoms. The Kier molecular flexibility index (Phi) is 2.47. The molecule has 1 aromatic heterocycles. The third-order valence-electron chi connectivity index (χ3n) is 2.74. The van der Waals surface area contributed by atoms with Crippen LogP contribution in [0.2, 0.25) is 10.0 Å². The Labute approximate surface area is 111 Å². The number of aromatic hydroxyl groups is 1. The lowest BCUT2D eigenvalue weighted by atomic mass is 10.1. The van der Waals surface area contributed by atoms with Gasteiger partial charge in [0.2, 0.25) is 5.43 Å². The summed E-state index contributed by atoms with van der Waals surface area (Å²) >= 11 is 11.9. The van der Waals surface area contributed by atoms with Crippen LogP contribution in [0.25, 0.3) is 21.9 Å². The van der Waals surface area contributed by atoms with E-state index in [4.69, 9.17) is 27.6 Å². The lowest BCUT2D eigenvalue weighted by Gasteiger charge is -2.04. The highest BCUT2D eigenvalue weighted by atomic mass is 35.5. The topological polar surface area (TPSA) is 50.4 Å². The third-order valence-corrected chi connectivity index (χ3v) is 3.42. The number of benzene rings is 2. The summed E-state index contributed by atoms with van der Waals surface area (Å²) in [4.78, 5) is 12.3. The average Bonchev–Trinajstić information content (AvgIpc) is 2.34. The Morgan fingerprint density at radius 2 is 1.89 bits per heavy atom. The van der Waals surface area contributed by atoms with Gasteiger partial charge in [-0.3, -0.25) is 4.79 Å². The number of fused-ring (bicyclic) bond motifs is 2. The van der Waals surface area contributed by atoms with Gasteiger partial charge in [0, 0.05) is 0 Å². The Bertz CT molecular complexity index is 837. The van der Waals surface area contributed by atoms with Crippen molar-refractivity contribution in [2.75, 3.05) is 0 Å². The number of hydrogen-bond donors (Lipinski definition) is 1. The van der Waals surface area contributed by atoms with E-state index in [1.807, 2.05) is 0 Å². The van der Waals surface area contributed by atoms with Crippen LogP contribution < -0.4 is 5.43 Å². The van der Waals surface area contributed by atoms with E-state index in [2.05, 4.69) is 0 Å². The number of phenolic OH excluding ortho intramolecular Hbond substituents is 1. The minimum Gasteiger partial charge on any atom is -0.506 e. The molecule has 0 saturated carbocycles. The van der Waals surface area contributed by atoms with E-state index in [0.717, 1.165) is 0 Å². The molecule has 0 aliphatic carbocycles. The first-order chi connectivity index (χ1) is 8.59. The van der Waals surface area contributed by atoms with Crippen LogP contribution in [0.5, 0.6) is 5.75 Å². The number of hydrogen-bond acceptors (Lipinski definition) is 3. The monoisotopic (exact) mass is 280 g/mol. The van der Waals surface area contributed by atoms with Gasteiger partial charge in [-0.05, 0) is 24.3 Å². The largest absolute Gasteiger partial charge is 0.506 e. The minimum absolute atomic E-state index is 0.0199. The molecule has 0 saturated heterocycles. The SMILES string of the molecule is O=c1c2ccc(O)c(Cl)c2oc2cccc(Cl)c12. The summed E-state index contributed by atoms with van der Waals surface area (Å²) in [6.45, 7) is 0. The fourth-order valence-corrected chi connectivity index (χ4v) is 2.33.